The van der Waals surface area contributed by atoms with E-state index in [1.54, 1.807) is 0 Å². The third kappa shape index (κ3) is 3.62. The van der Waals surface area contributed by atoms with Crippen molar-refractivity contribution >= 4 is 21.9 Å². The topological polar surface area (TPSA) is 65.9 Å². The Morgan fingerprint density at radius 3 is 2.83 bits per heavy atom. The van der Waals surface area contributed by atoms with Crippen molar-refractivity contribution in [3.05, 3.63) is 22.7 Å². The Morgan fingerprint density at radius 2 is 2.33 bits per heavy atom. The molecule has 1 aromatic rings. The van der Waals surface area contributed by atoms with Gasteiger partial charge in [-0.15, -0.1) is 0 Å². The number of hydrogen-bond donors (Lipinski definition) is 0. The van der Waals surface area contributed by atoms with E-state index in [-0.39, 0.29) is 36.0 Å². The number of aromatic nitrogens is 2. The van der Waals surface area contributed by atoms with Crippen LogP contribution in [0.1, 0.15) is 5.69 Å². The molecule has 0 bridgehead atoms. The molecule has 0 amide bonds. The first-order valence-corrected chi connectivity index (χ1v) is 3.63. The maximum atomic E-state index is 10.1. The Balaban J connectivity index is 0.00000121. The molecule has 1 aromatic heterocycles. The smallest absolute Gasteiger partial charge is 0.550 e. The van der Waals surface area contributed by atoms with Crippen molar-refractivity contribution in [2.45, 2.75) is 6.42 Å². The Labute approximate surface area is 99.8 Å². The van der Waals surface area contributed by atoms with E-state index in [9.17, 15) is 9.90 Å². The van der Waals surface area contributed by atoms with Crippen LogP contribution >= 0.6 is 15.9 Å². The van der Waals surface area contributed by atoms with Crippen molar-refractivity contribution in [1.82, 2.24) is 9.97 Å². The number of aliphatic carboxylic acids is 1. The second-order valence-electron chi connectivity index (χ2n) is 1.87. The van der Waals surface area contributed by atoms with E-state index >= 15 is 0 Å². The van der Waals surface area contributed by atoms with Gasteiger partial charge in [0.15, 0.2) is 0 Å². The van der Waals surface area contributed by atoms with Crippen molar-refractivity contribution in [1.29, 1.82) is 0 Å². The van der Waals surface area contributed by atoms with Gasteiger partial charge in [-0.25, -0.2) is 9.97 Å². The summed E-state index contributed by atoms with van der Waals surface area (Å²) in [7, 11) is 0. The monoisotopic (exact) mass is 238 g/mol. The van der Waals surface area contributed by atoms with Crippen LogP contribution in [0.5, 0.6) is 0 Å². The molecule has 4 nitrogen and oxygen atoms in total. The summed E-state index contributed by atoms with van der Waals surface area (Å²) in [5, 5.41) is 10.1. The Hall–Kier alpha value is 0.0300. The van der Waals surface area contributed by atoms with Crippen molar-refractivity contribution in [3.8, 4) is 0 Å². The Morgan fingerprint density at radius 1 is 1.67 bits per heavy atom. The third-order valence-electron chi connectivity index (χ3n) is 1.06. The van der Waals surface area contributed by atoms with E-state index in [0.29, 0.717) is 10.2 Å². The van der Waals surface area contributed by atoms with Gasteiger partial charge in [0, 0.05) is 18.6 Å². The molecule has 6 heteroatoms. The first-order chi connectivity index (χ1) is 5.20. The van der Waals surface area contributed by atoms with Gasteiger partial charge >= 0.3 is 29.6 Å². The number of hydrogen-bond acceptors (Lipinski definition) is 4. The minimum atomic E-state index is -1.15. The van der Waals surface area contributed by atoms with Crippen molar-refractivity contribution in [3.63, 3.8) is 0 Å². The Bertz CT molecular complexity index is 282. The van der Waals surface area contributed by atoms with E-state index in [1.165, 1.54) is 12.5 Å². The molecule has 1 rings (SSSR count). The number of rotatable bonds is 2. The van der Waals surface area contributed by atoms with Crippen LogP contribution in [0.4, 0.5) is 0 Å². The number of carbonyl (C=O) groups excluding carboxylic acids is 1. The molecule has 0 N–H and O–H groups in total. The van der Waals surface area contributed by atoms with E-state index in [0.717, 1.165) is 0 Å². The predicted octanol–water partition coefficient (Wildman–Crippen LogP) is -3.46. The molecule has 0 fully saturated rings. The number of carbonyl (C=O) groups is 1. The fourth-order valence-corrected chi connectivity index (χ4v) is 0.966. The zero-order valence-electron chi connectivity index (χ0n) is 6.45. The number of nitrogens with zero attached hydrogens (tertiary/aromatic N) is 2. The average Bonchev–Trinajstić information content (AvgIpc) is 1.93. The van der Waals surface area contributed by atoms with Crippen LogP contribution in [0.2, 0.25) is 0 Å². The fraction of sp³-hybridized carbons (Fsp3) is 0.167. The summed E-state index contributed by atoms with van der Waals surface area (Å²) in [5.41, 5.74) is 0.431. The molecule has 58 valence electrons. The van der Waals surface area contributed by atoms with Crippen LogP contribution in [0, 0.1) is 0 Å². The first kappa shape index (κ1) is 12.0. The predicted molar refractivity (Wildman–Crippen MR) is 38.4 cm³/mol. The summed E-state index contributed by atoms with van der Waals surface area (Å²) in [6.07, 6.45) is 2.59. The first-order valence-electron chi connectivity index (χ1n) is 2.84. The Kier molecular flexibility index (Phi) is 5.65. The molecule has 0 aliphatic heterocycles. The zero-order chi connectivity index (χ0) is 8.27. The summed E-state index contributed by atoms with van der Waals surface area (Å²) >= 11 is 3.11. The van der Waals surface area contributed by atoms with Gasteiger partial charge in [-0.2, -0.15) is 0 Å². The van der Waals surface area contributed by atoms with Gasteiger partial charge in [0.25, 0.3) is 0 Å². The normalized spacial score (nSPS) is 8.75. The van der Waals surface area contributed by atoms with E-state index in [2.05, 4.69) is 25.9 Å². The van der Waals surface area contributed by atoms with Crippen LogP contribution in [-0.2, 0) is 11.2 Å². The second kappa shape index (κ2) is 5.64. The minimum Gasteiger partial charge on any atom is -0.550 e. The van der Waals surface area contributed by atoms with Crippen LogP contribution in [0.25, 0.3) is 0 Å². The molecule has 0 aliphatic rings. The summed E-state index contributed by atoms with van der Waals surface area (Å²) in [6.45, 7) is 0. The van der Waals surface area contributed by atoms with Gasteiger partial charge in [-0.3, -0.25) is 0 Å². The molecule has 0 saturated heterocycles. The zero-order valence-corrected chi connectivity index (χ0v) is 10.0. The van der Waals surface area contributed by atoms with Gasteiger partial charge in [-0.05, 0) is 15.9 Å². The van der Waals surface area contributed by atoms with Gasteiger partial charge in [0.2, 0.25) is 0 Å². The average molecular weight is 239 g/mol. The molecular weight excluding hydrogens is 235 g/mol. The molecule has 1 heterocycles. The van der Waals surface area contributed by atoms with Crippen molar-refractivity contribution < 1.29 is 39.5 Å². The molecule has 12 heavy (non-hydrogen) atoms. The number of carboxylic acids is 1. The molecule has 0 spiro atoms. The van der Waals surface area contributed by atoms with Crippen LogP contribution < -0.4 is 34.7 Å². The third-order valence-corrected chi connectivity index (χ3v) is 1.72. The number of halogens is 1. The van der Waals surface area contributed by atoms with Crippen LogP contribution in [0.15, 0.2) is 17.0 Å². The SMILES string of the molecule is O=C([O-])Cc1ncncc1Br.[Na+]. The quantitative estimate of drug-likeness (QED) is 0.503. The van der Waals surface area contributed by atoms with E-state index in [4.69, 9.17) is 0 Å². The van der Waals surface area contributed by atoms with E-state index < -0.39 is 5.97 Å². The van der Waals surface area contributed by atoms with Crippen molar-refractivity contribution in [2.24, 2.45) is 0 Å². The second-order valence-corrected chi connectivity index (χ2v) is 2.72. The van der Waals surface area contributed by atoms with Gasteiger partial charge in [-0.1, -0.05) is 0 Å². The molecule has 0 saturated carbocycles. The standard InChI is InChI=1S/C6H5BrN2O2.Na/c7-4-2-8-3-9-5(4)1-6(10)11;/h2-3H,1H2,(H,10,11);/q;+1/p-1. The summed E-state index contributed by atoms with van der Waals surface area (Å²) in [5.74, 6) is -1.15. The van der Waals surface area contributed by atoms with Crippen LogP contribution in [-0.4, -0.2) is 15.9 Å². The van der Waals surface area contributed by atoms with Crippen molar-refractivity contribution in [2.75, 3.05) is 0 Å². The van der Waals surface area contributed by atoms with Crippen LogP contribution in [0.3, 0.4) is 0 Å². The molecule has 0 radical (unpaired) electrons. The largest absolute Gasteiger partial charge is 1.00 e. The fourth-order valence-electron chi connectivity index (χ4n) is 0.605. The van der Waals surface area contributed by atoms with E-state index in [1.807, 2.05) is 0 Å². The maximum absolute atomic E-state index is 10.1. The molecule has 0 atom stereocenters. The van der Waals surface area contributed by atoms with Gasteiger partial charge in [0.05, 0.1) is 10.2 Å². The number of carboxylic acid groups (broad SMARTS) is 1. The maximum Gasteiger partial charge on any atom is 1.00 e. The molecule has 0 aromatic carbocycles. The van der Waals surface area contributed by atoms with Gasteiger partial charge < -0.3 is 9.90 Å². The summed E-state index contributed by atoms with van der Waals surface area (Å²) in [6, 6.07) is 0. The summed E-state index contributed by atoms with van der Waals surface area (Å²) in [4.78, 5) is 17.5. The molecule has 0 unspecified atom stereocenters. The molecular formula is C6H4BrN2NaO2. The van der Waals surface area contributed by atoms with Gasteiger partial charge in [0.1, 0.15) is 6.33 Å². The minimum absolute atomic E-state index is 0. The summed E-state index contributed by atoms with van der Waals surface area (Å²) < 4.78 is 0.587. The molecule has 0 aliphatic carbocycles.